The Morgan fingerprint density at radius 2 is 1.50 bits per heavy atom. The van der Waals surface area contributed by atoms with Gasteiger partial charge in [0.15, 0.2) is 0 Å². The Balaban J connectivity index is 2.09. The van der Waals surface area contributed by atoms with E-state index in [0.717, 1.165) is 0 Å². The van der Waals surface area contributed by atoms with Crippen molar-refractivity contribution in [3.8, 4) is 0 Å². The third kappa shape index (κ3) is 3.54. The second-order valence-corrected chi connectivity index (χ2v) is 6.60. The molecule has 0 amide bonds. The monoisotopic (exact) mass is 337 g/mol. The van der Waals surface area contributed by atoms with Gasteiger partial charge >= 0.3 is 11.9 Å². The Labute approximate surface area is 143 Å². The van der Waals surface area contributed by atoms with Gasteiger partial charge in [0.05, 0.1) is 6.04 Å². The third-order valence-electron chi connectivity index (χ3n) is 5.19. The van der Waals surface area contributed by atoms with Crippen LogP contribution in [0.3, 0.4) is 0 Å². The second kappa shape index (κ2) is 7.49. The van der Waals surface area contributed by atoms with Gasteiger partial charge in [0.1, 0.15) is 18.3 Å². The molecule has 2 fully saturated rings. The van der Waals surface area contributed by atoms with E-state index in [-0.39, 0.29) is 24.2 Å². The molecule has 134 valence electrons. The number of hydrogen-bond donors (Lipinski definition) is 1. The number of nitrogens with zero attached hydrogens (tertiary/aromatic N) is 1. The average molecular weight is 337 g/mol. The molecule has 0 aromatic rings. The molecule has 0 aromatic carbocycles. The van der Waals surface area contributed by atoms with Crippen molar-refractivity contribution >= 4 is 11.9 Å². The Morgan fingerprint density at radius 1 is 1.00 bits per heavy atom. The summed E-state index contributed by atoms with van der Waals surface area (Å²) in [6.45, 7) is 6.96. The normalized spacial score (nSPS) is 34.2. The van der Waals surface area contributed by atoms with E-state index < -0.39 is 18.2 Å². The summed E-state index contributed by atoms with van der Waals surface area (Å²) < 4.78 is 11.1. The lowest BCUT2D eigenvalue weighted by molar-refractivity contribution is -0.152. The van der Waals surface area contributed by atoms with Crippen LogP contribution in [0.5, 0.6) is 0 Å². The molecule has 0 aromatic heterocycles. The SMILES string of the molecule is CC=C(C)C(=O)OC1CC2C(O)C(OC(=O)C(C)=CC)C(C1)N2C. The highest BCUT2D eigenvalue weighted by molar-refractivity contribution is 5.88. The maximum absolute atomic E-state index is 12.0. The van der Waals surface area contributed by atoms with Gasteiger partial charge in [-0.15, -0.1) is 0 Å². The molecule has 1 N–H and O–H groups in total. The topological polar surface area (TPSA) is 76.1 Å². The van der Waals surface area contributed by atoms with E-state index in [0.29, 0.717) is 24.0 Å². The molecular weight excluding hydrogens is 310 g/mol. The van der Waals surface area contributed by atoms with Crippen LogP contribution in [0.1, 0.15) is 40.5 Å². The number of carbonyl (C=O) groups is 2. The first-order chi connectivity index (χ1) is 11.3. The highest BCUT2D eigenvalue weighted by Crippen LogP contribution is 2.38. The Bertz CT molecular complexity index is 568. The average Bonchev–Trinajstić information content (AvgIpc) is 2.70. The van der Waals surface area contributed by atoms with E-state index in [9.17, 15) is 14.7 Å². The summed E-state index contributed by atoms with van der Waals surface area (Å²) >= 11 is 0. The number of ether oxygens (including phenoxy) is 2. The molecule has 24 heavy (non-hydrogen) atoms. The van der Waals surface area contributed by atoms with Crippen LogP contribution in [-0.2, 0) is 19.1 Å². The van der Waals surface area contributed by atoms with Crippen molar-refractivity contribution in [3.05, 3.63) is 23.3 Å². The van der Waals surface area contributed by atoms with Gasteiger partial charge in [-0.3, -0.25) is 4.90 Å². The highest BCUT2D eigenvalue weighted by Gasteiger charge is 2.53. The molecule has 6 heteroatoms. The minimum atomic E-state index is -0.778. The van der Waals surface area contributed by atoms with Crippen LogP contribution in [0.4, 0.5) is 0 Å². The largest absolute Gasteiger partial charge is 0.459 e. The van der Waals surface area contributed by atoms with Crippen molar-refractivity contribution in [2.24, 2.45) is 0 Å². The lowest BCUT2D eigenvalue weighted by Crippen LogP contribution is -2.46. The number of likely N-dealkylation sites (N-methyl/N-ethyl adjacent to an activating group) is 1. The smallest absolute Gasteiger partial charge is 0.333 e. The van der Waals surface area contributed by atoms with E-state index in [4.69, 9.17) is 9.47 Å². The standard InChI is InChI=1S/C18H27NO5/c1-6-10(3)17(21)23-12-8-13-15(20)16(14(9-12)19(13)5)24-18(22)11(4)7-2/h6-7,12-16,20H,8-9H2,1-5H3. The van der Waals surface area contributed by atoms with Gasteiger partial charge in [-0.2, -0.15) is 0 Å². The number of fused-ring (bicyclic) bond motifs is 2. The third-order valence-corrected chi connectivity index (χ3v) is 5.19. The molecule has 2 aliphatic rings. The second-order valence-electron chi connectivity index (χ2n) is 6.60. The molecular formula is C18H27NO5. The van der Waals surface area contributed by atoms with Crippen LogP contribution in [0, 0.1) is 0 Å². The first-order valence-corrected chi connectivity index (χ1v) is 8.37. The molecule has 2 aliphatic heterocycles. The number of aliphatic hydroxyl groups excluding tert-OH is 1. The van der Waals surface area contributed by atoms with Crippen LogP contribution in [0.25, 0.3) is 0 Å². The molecule has 0 spiro atoms. The summed E-state index contributed by atoms with van der Waals surface area (Å²) in [5, 5.41) is 10.5. The molecule has 2 heterocycles. The van der Waals surface area contributed by atoms with Crippen molar-refractivity contribution in [1.82, 2.24) is 4.90 Å². The molecule has 0 radical (unpaired) electrons. The van der Waals surface area contributed by atoms with Crippen molar-refractivity contribution in [1.29, 1.82) is 0 Å². The van der Waals surface area contributed by atoms with Gasteiger partial charge in [0.2, 0.25) is 0 Å². The molecule has 6 nitrogen and oxygen atoms in total. The van der Waals surface area contributed by atoms with Crippen molar-refractivity contribution in [2.75, 3.05) is 7.05 Å². The molecule has 0 aliphatic carbocycles. The number of aliphatic hydroxyl groups is 1. The van der Waals surface area contributed by atoms with Crippen LogP contribution in [-0.4, -0.2) is 59.4 Å². The molecule has 5 unspecified atom stereocenters. The van der Waals surface area contributed by atoms with Gasteiger partial charge in [-0.25, -0.2) is 9.59 Å². The molecule has 2 bridgehead atoms. The predicted octanol–water partition coefficient (Wildman–Crippen LogP) is 1.58. The van der Waals surface area contributed by atoms with Crippen LogP contribution < -0.4 is 0 Å². The van der Waals surface area contributed by atoms with Crippen molar-refractivity contribution < 1.29 is 24.2 Å². The summed E-state index contributed by atoms with van der Waals surface area (Å²) in [6, 6.07) is -0.341. The van der Waals surface area contributed by atoms with Crippen LogP contribution in [0.2, 0.25) is 0 Å². The zero-order chi connectivity index (χ0) is 18.0. The minimum absolute atomic E-state index is 0.156. The first-order valence-electron chi connectivity index (χ1n) is 8.37. The lowest BCUT2D eigenvalue weighted by Gasteiger charge is -2.36. The van der Waals surface area contributed by atoms with E-state index in [1.165, 1.54) is 0 Å². The number of rotatable bonds is 4. The Morgan fingerprint density at radius 3 is 2.04 bits per heavy atom. The fraction of sp³-hybridized carbons (Fsp3) is 0.667. The zero-order valence-electron chi connectivity index (χ0n) is 15.0. The van der Waals surface area contributed by atoms with E-state index in [2.05, 4.69) is 0 Å². The number of esters is 2. The number of carbonyl (C=O) groups excluding carboxylic acids is 2. The summed E-state index contributed by atoms with van der Waals surface area (Å²) in [5.74, 6) is -0.750. The van der Waals surface area contributed by atoms with Gasteiger partial charge in [-0.05, 0) is 34.7 Å². The van der Waals surface area contributed by atoms with Crippen molar-refractivity contribution in [3.63, 3.8) is 0 Å². The van der Waals surface area contributed by atoms with Crippen LogP contribution in [0.15, 0.2) is 23.3 Å². The quantitative estimate of drug-likeness (QED) is 0.620. The van der Waals surface area contributed by atoms with Gasteiger partial charge < -0.3 is 14.6 Å². The zero-order valence-corrected chi connectivity index (χ0v) is 15.0. The lowest BCUT2D eigenvalue weighted by atomic mass is 10.00. The highest BCUT2D eigenvalue weighted by atomic mass is 16.6. The number of hydrogen-bond acceptors (Lipinski definition) is 6. The Kier molecular flexibility index (Phi) is 5.83. The summed E-state index contributed by atoms with van der Waals surface area (Å²) in [4.78, 5) is 26.0. The summed E-state index contributed by atoms with van der Waals surface area (Å²) in [6.07, 6.45) is 2.82. The summed E-state index contributed by atoms with van der Waals surface area (Å²) in [5.41, 5.74) is 1.08. The van der Waals surface area contributed by atoms with Gasteiger partial charge in [-0.1, -0.05) is 12.2 Å². The van der Waals surface area contributed by atoms with Crippen molar-refractivity contribution in [2.45, 2.75) is 70.9 Å². The van der Waals surface area contributed by atoms with E-state index >= 15 is 0 Å². The molecule has 2 rings (SSSR count). The van der Waals surface area contributed by atoms with E-state index in [1.807, 2.05) is 11.9 Å². The molecule has 5 atom stereocenters. The van der Waals surface area contributed by atoms with Crippen LogP contribution >= 0.6 is 0 Å². The predicted molar refractivity (Wildman–Crippen MR) is 89.2 cm³/mol. The van der Waals surface area contributed by atoms with Gasteiger partial charge in [0.25, 0.3) is 0 Å². The number of allylic oxidation sites excluding steroid dienone is 2. The fourth-order valence-corrected chi connectivity index (χ4v) is 3.35. The molecule has 2 saturated heterocycles. The minimum Gasteiger partial charge on any atom is -0.459 e. The maximum atomic E-state index is 12.0. The summed E-state index contributed by atoms with van der Waals surface area (Å²) in [7, 11) is 1.91. The molecule has 0 saturated carbocycles. The van der Waals surface area contributed by atoms with E-state index in [1.54, 1.807) is 39.8 Å². The fourth-order valence-electron chi connectivity index (χ4n) is 3.35. The first kappa shape index (κ1) is 18.7. The Hall–Kier alpha value is -1.66. The maximum Gasteiger partial charge on any atom is 0.333 e. The van der Waals surface area contributed by atoms with Gasteiger partial charge in [0, 0.05) is 30.0 Å². The number of piperidine rings is 1.